The molecule has 6 nitrogen and oxygen atoms in total. The molecule has 0 aromatic heterocycles. The van der Waals surface area contributed by atoms with Crippen LogP contribution in [0.25, 0.3) is 0 Å². The van der Waals surface area contributed by atoms with Gasteiger partial charge in [0.2, 0.25) is 11.8 Å². The van der Waals surface area contributed by atoms with Crippen LogP contribution in [-0.2, 0) is 9.59 Å². The number of hydrogen-bond acceptors (Lipinski definition) is 4. The number of hydrogen-bond donors (Lipinski definition) is 3. The molecule has 0 aliphatic rings. The standard InChI is InChI=1S/C19H22FN3O3/c1-13-4-3-5-16(10-13)26-9-8-21-19(25)12-22-15-6-7-17(20)18(11-15)23-14(2)24/h3-7,10-11,22H,8-9,12H2,1-2H3,(H,21,25)(H,23,24). The molecule has 0 fully saturated rings. The third-order valence-electron chi connectivity index (χ3n) is 3.41. The summed E-state index contributed by atoms with van der Waals surface area (Å²) in [5, 5.41) is 8.00. The van der Waals surface area contributed by atoms with Gasteiger partial charge >= 0.3 is 0 Å². The summed E-state index contributed by atoms with van der Waals surface area (Å²) >= 11 is 0. The lowest BCUT2D eigenvalue weighted by atomic mass is 10.2. The molecular formula is C19H22FN3O3. The topological polar surface area (TPSA) is 79.5 Å². The molecule has 0 radical (unpaired) electrons. The largest absolute Gasteiger partial charge is 0.492 e. The van der Waals surface area contributed by atoms with Crippen LogP contribution >= 0.6 is 0 Å². The zero-order valence-corrected chi connectivity index (χ0v) is 14.8. The Labute approximate surface area is 151 Å². The lowest BCUT2D eigenvalue weighted by molar-refractivity contribution is -0.119. The second kappa shape index (κ2) is 9.41. The van der Waals surface area contributed by atoms with Gasteiger partial charge in [-0.25, -0.2) is 4.39 Å². The molecule has 26 heavy (non-hydrogen) atoms. The Morgan fingerprint density at radius 1 is 1.15 bits per heavy atom. The van der Waals surface area contributed by atoms with E-state index in [2.05, 4.69) is 16.0 Å². The number of halogens is 1. The first-order valence-electron chi connectivity index (χ1n) is 8.21. The maximum atomic E-state index is 13.6. The minimum Gasteiger partial charge on any atom is -0.492 e. The number of ether oxygens (including phenoxy) is 1. The smallest absolute Gasteiger partial charge is 0.239 e. The first kappa shape index (κ1) is 19.2. The molecule has 0 heterocycles. The summed E-state index contributed by atoms with van der Waals surface area (Å²) < 4.78 is 19.1. The fourth-order valence-corrected chi connectivity index (χ4v) is 2.23. The van der Waals surface area contributed by atoms with E-state index in [1.54, 1.807) is 0 Å². The van der Waals surface area contributed by atoms with Crippen molar-refractivity contribution in [1.29, 1.82) is 0 Å². The lowest BCUT2D eigenvalue weighted by Crippen LogP contribution is -2.33. The van der Waals surface area contributed by atoms with E-state index < -0.39 is 5.82 Å². The number of carbonyl (C=O) groups is 2. The quantitative estimate of drug-likeness (QED) is 0.633. The van der Waals surface area contributed by atoms with Gasteiger partial charge in [-0.3, -0.25) is 9.59 Å². The van der Waals surface area contributed by atoms with Crippen molar-refractivity contribution in [2.45, 2.75) is 13.8 Å². The number of anilines is 2. The zero-order chi connectivity index (χ0) is 18.9. The van der Waals surface area contributed by atoms with Gasteiger partial charge in [0.05, 0.1) is 18.8 Å². The van der Waals surface area contributed by atoms with Gasteiger partial charge in [0.15, 0.2) is 0 Å². The molecule has 0 unspecified atom stereocenters. The maximum Gasteiger partial charge on any atom is 0.239 e. The number of benzene rings is 2. The third-order valence-corrected chi connectivity index (χ3v) is 3.41. The van der Waals surface area contributed by atoms with Crippen molar-refractivity contribution in [1.82, 2.24) is 5.32 Å². The molecule has 0 atom stereocenters. The molecule has 0 saturated carbocycles. The number of aryl methyl sites for hydroxylation is 1. The van der Waals surface area contributed by atoms with Crippen molar-refractivity contribution in [2.75, 3.05) is 30.3 Å². The van der Waals surface area contributed by atoms with Crippen molar-refractivity contribution in [3.63, 3.8) is 0 Å². The van der Waals surface area contributed by atoms with Gasteiger partial charge in [-0.15, -0.1) is 0 Å². The predicted octanol–water partition coefficient (Wildman–Crippen LogP) is 2.70. The van der Waals surface area contributed by atoms with E-state index >= 15 is 0 Å². The Hall–Kier alpha value is -3.09. The van der Waals surface area contributed by atoms with Crippen LogP contribution in [0.1, 0.15) is 12.5 Å². The third kappa shape index (κ3) is 6.43. The minimum atomic E-state index is -0.538. The van der Waals surface area contributed by atoms with Gasteiger partial charge in [-0.1, -0.05) is 12.1 Å². The van der Waals surface area contributed by atoms with E-state index in [0.29, 0.717) is 18.8 Å². The van der Waals surface area contributed by atoms with E-state index in [1.165, 1.54) is 25.1 Å². The Morgan fingerprint density at radius 2 is 1.96 bits per heavy atom. The molecule has 2 amide bonds. The Morgan fingerprint density at radius 3 is 2.69 bits per heavy atom. The van der Waals surface area contributed by atoms with E-state index in [-0.39, 0.29) is 24.0 Å². The number of nitrogens with one attached hydrogen (secondary N) is 3. The SMILES string of the molecule is CC(=O)Nc1cc(NCC(=O)NCCOc2cccc(C)c2)ccc1F. The van der Waals surface area contributed by atoms with Crippen LogP contribution in [0.5, 0.6) is 5.75 Å². The Balaban J connectivity index is 1.72. The molecule has 0 bridgehead atoms. The number of carbonyl (C=O) groups excluding carboxylic acids is 2. The molecule has 2 aromatic rings. The van der Waals surface area contributed by atoms with Crippen molar-refractivity contribution in [3.8, 4) is 5.75 Å². The zero-order valence-electron chi connectivity index (χ0n) is 14.8. The van der Waals surface area contributed by atoms with Crippen molar-refractivity contribution in [2.24, 2.45) is 0 Å². The van der Waals surface area contributed by atoms with Crippen LogP contribution in [0.15, 0.2) is 42.5 Å². The summed E-state index contributed by atoms with van der Waals surface area (Å²) in [6, 6.07) is 11.8. The first-order valence-corrected chi connectivity index (χ1v) is 8.21. The van der Waals surface area contributed by atoms with Crippen LogP contribution in [0.3, 0.4) is 0 Å². The van der Waals surface area contributed by atoms with Gasteiger partial charge in [-0.05, 0) is 42.8 Å². The summed E-state index contributed by atoms with van der Waals surface area (Å²) in [6.45, 7) is 4.03. The van der Waals surface area contributed by atoms with Crippen molar-refractivity contribution in [3.05, 3.63) is 53.8 Å². The molecule has 0 aliphatic heterocycles. The molecule has 0 spiro atoms. The van der Waals surface area contributed by atoms with Crippen LogP contribution in [-0.4, -0.2) is 31.5 Å². The molecule has 0 aliphatic carbocycles. The second-order valence-electron chi connectivity index (χ2n) is 5.74. The van der Waals surface area contributed by atoms with Gasteiger partial charge < -0.3 is 20.7 Å². The van der Waals surface area contributed by atoms with Crippen molar-refractivity contribution < 1.29 is 18.7 Å². The van der Waals surface area contributed by atoms with Crippen molar-refractivity contribution >= 4 is 23.2 Å². The normalized spacial score (nSPS) is 10.1. The summed E-state index contributed by atoms with van der Waals surface area (Å²) in [6.07, 6.45) is 0. The monoisotopic (exact) mass is 359 g/mol. The second-order valence-corrected chi connectivity index (χ2v) is 5.74. The van der Waals surface area contributed by atoms with Crippen LogP contribution in [0, 0.1) is 12.7 Å². The highest BCUT2D eigenvalue weighted by Crippen LogP contribution is 2.19. The van der Waals surface area contributed by atoms with Gasteiger partial charge in [0.25, 0.3) is 0 Å². The molecule has 3 N–H and O–H groups in total. The first-order chi connectivity index (χ1) is 12.4. The average Bonchev–Trinajstić information content (AvgIpc) is 2.59. The predicted molar refractivity (Wildman–Crippen MR) is 98.9 cm³/mol. The highest BCUT2D eigenvalue weighted by molar-refractivity contribution is 5.89. The van der Waals surface area contributed by atoms with E-state index in [1.807, 2.05) is 31.2 Å². The maximum absolute atomic E-state index is 13.6. The Bertz CT molecular complexity index is 780. The summed E-state index contributed by atoms with van der Waals surface area (Å²) in [7, 11) is 0. The van der Waals surface area contributed by atoms with E-state index in [0.717, 1.165) is 11.3 Å². The Kier molecular flexibility index (Phi) is 6.96. The van der Waals surface area contributed by atoms with Gasteiger partial charge in [-0.2, -0.15) is 0 Å². The highest BCUT2D eigenvalue weighted by atomic mass is 19.1. The lowest BCUT2D eigenvalue weighted by Gasteiger charge is -2.11. The molecule has 2 aromatic carbocycles. The summed E-state index contributed by atoms with van der Waals surface area (Å²) in [5.74, 6) is -0.367. The van der Waals surface area contributed by atoms with Gasteiger partial charge in [0.1, 0.15) is 18.2 Å². The summed E-state index contributed by atoms with van der Waals surface area (Å²) in [4.78, 5) is 22.9. The molecule has 0 saturated heterocycles. The molecule has 138 valence electrons. The molecule has 2 rings (SSSR count). The molecular weight excluding hydrogens is 337 g/mol. The average molecular weight is 359 g/mol. The van der Waals surface area contributed by atoms with Crippen LogP contribution < -0.4 is 20.7 Å². The summed E-state index contributed by atoms with van der Waals surface area (Å²) in [5.41, 5.74) is 1.70. The van der Waals surface area contributed by atoms with E-state index in [9.17, 15) is 14.0 Å². The van der Waals surface area contributed by atoms with Crippen LogP contribution in [0.4, 0.5) is 15.8 Å². The van der Waals surface area contributed by atoms with Crippen LogP contribution in [0.2, 0.25) is 0 Å². The van der Waals surface area contributed by atoms with Gasteiger partial charge in [0, 0.05) is 12.6 Å². The highest BCUT2D eigenvalue weighted by Gasteiger charge is 2.06. The fourth-order valence-electron chi connectivity index (χ4n) is 2.23. The fraction of sp³-hybridized carbons (Fsp3) is 0.263. The number of rotatable bonds is 8. The number of amides is 2. The molecule has 7 heteroatoms. The van der Waals surface area contributed by atoms with E-state index in [4.69, 9.17) is 4.74 Å². The minimum absolute atomic E-state index is 0.0234.